The highest BCUT2D eigenvalue weighted by Gasteiger charge is 2.31. The van der Waals surface area contributed by atoms with Gasteiger partial charge in [-0.25, -0.2) is 0 Å². The number of nitrogens with zero attached hydrogens (tertiary/aromatic N) is 2. The monoisotopic (exact) mass is 607 g/mol. The van der Waals surface area contributed by atoms with Crippen LogP contribution in [-0.4, -0.2) is 84.9 Å². The molecule has 0 unspecified atom stereocenters. The first-order valence-electron chi connectivity index (χ1n) is 16.6. The van der Waals surface area contributed by atoms with Gasteiger partial charge in [0.05, 0.1) is 30.4 Å². The van der Waals surface area contributed by atoms with Crippen molar-refractivity contribution in [2.24, 2.45) is 11.8 Å². The van der Waals surface area contributed by atoms with E-state index in [2.05, 4.69) is 24.2 Å². The van der Waals surface area contributed by atoms with E-state index >= 15 is 0 Å². The summed E-state index contributed by atoms with van der Waals surface area (Å²) in [6, 6.07) is 13.8. The third-order valence-corrected chi connectivity index (χ3v) is 9.13. The molecule has 8 nitrogen and oxygen atoms in total. The number of carbonyl (C=O) groups excluding carboxylic acids is 2. The van der Waals surface area contributed by atoms with Crippen molar-refractivity contribution in [1.29, 1.82) is 0 Å². The first-order chi connectivity index (χ1) is 21.2. The molecule has 0 radical (unpaired) electrons. The topological polar surface area (TPSA) is 91.3 Å². The molecule has 1 aliphatic heterocycles. The van der Waals surface area contributed by atoms with E-state index in [1.54, 1.807) is 35.2 Å². The fourth-order valence-corrected chi connectivity index (χ4v) is 6.45. The van der Waals surface area contributed by atoms with Crippen LogP contribution in [0.15, 0.2) is 48.5 Å². The van der Waals surface area contributed by atoms with Crippen LogP contribution in [0.4, 0.5) is 5.69 Å². The summed E-state index contributed by atoms with van der Waals surface area (Å²) < 4.78 is 12.9. The van der Waals surface area contributed by atoms with E-state index in [4.69, 9.17) is 9.47 Å². The van der Waals surface area contributed by atoms with Gasteiger partial charge in [0.2, 0.25) is 0 Å². The Morgan fingerprint density at radius 1 is 1.02 bits per heavy atom. The number of nitrogens with one attached hydrogen (secondary N) is 1. The van der Waals surface area contributed by atoms with Gasteiger partial charge in [0.25, 0.3) is 11.8 Å². The Bertz CT molecular complexity index is 1190. The van der Waals surface area contributed by atoms with E-state index < -0.39 is 6.04 Å². The predicted octanol–water partition coefficient (Wildman–Crippen LogP) is 6.25. The molecule has 4 rings (SSSR count). The average Bonchev–Trinajstić information content (AvgIpc) is 3.03. The maximum absolute atomic E-state index is 14.3. The number of ether oxygens (including phenoxy) is 2. The van der Waals surface area contributed by atoms with Crippen molar-refractivity contribution in [1.82, 2.24) is 9.80 Å². The van der Waals surface area contributed by atoms with Crippen molar-refractivity contribution in [3.63, 3.8) is 0 Å². The van der Waals surface area contributed by atoms with Crippen LogP contribution in [0.2, 0.25) is 0 Å². The normalized spacial score (nSPS) is 23.4. The molecule has 1 heterocycles. The lowest BCUT2D eigenvalue weighted by Gasteiger charge is -2.36. The second-order valence-corrected chi connectivity index (χ2v) is 13.1. The van der Waals surface area contributed by atoms with Crippen LogP contribution in [0, 0.1) is 11.8 Å². The molecule has 2 aliphatic rings. The van der Waals surface area contributed by atoms with Crippen LogP contribution >= 0.6 is 0 Å². The highest BCUT2D eigenvalue weighted by Crippen LogP contribution is 2.29. The summed E-state index contributed by atoms with van der Waals surface area (Å²) in [5, 5.41) is 13.2. The van der Waals surface area contributed by atoms with Crippen LogP contribution < -0.4 is 10.1 Å². The molecule has 1 saturated carbocycles. The largest absolute Gasteiger partial charge is 0.490 e. The molecule has 2 aromatic rings. The zero-order chi connectivity index (χ0) is 31.5. The number of anilines is 1. The maximum Gasteiger partial charge on any atom is 0.258 e. The summed E-state index contributed by atoms with van der Waals surface area (Å²) in [6.45, 7) is 8.84. The Morgan fingerprint density at radius 2 is 1.75 bits per heavy atom. The SMILES string of the molecule is C[C@@H]1CCCCO[C@@H](CN(C)CC2CCCCC2)[C@H](C)CN([C@@H](C)CO)C(=O)c2cc(NC(=O)c3ccccc3)ccc2O1. The van der Waals surface area contributed by atoms with E-state index in [-0.39, 0.29) is 36.5 Å². The first-order valence-corrected chi connectivity index (χ1v) is 16.6. The van der Waals surface area contributed by atoms with Gasteiger partial charge in [-0.3, -0.25) is 9.59 Å². The lowest BCUT2D eigenvalue weighted by Crippen LogP contribution is -2.47. The molecule has 0 aromatic heterocycles. The predicted molar refractivity (Wildman–Crippen MR) is 175 cm³/mol. The zero-order valence-electron chi connectivity index (χ0n) is 27.2. The molecule has 0 spiro atoms. The van der Waals surface area contributed by atoms with Gasteiger partial charge in [0, 0.05) is 43.4 Å². The van der Waals surface area contributed by atoms with Gasteiger partial charge in [0.15, 0.2) is 0 Å². The number of likely N-dealkylation sites (N-methyl/N-ethyl adjacent to an activating group) is 1. The van der Waals surface area contributed by atoms with Crippen LogP contribution in [-0.2, 0) is 4.74 Å². The lowest BCUT2D eigenvalue weighted by molar-refractivity contribution is -0.0190. The number of hydrogen-bond donors (Lipinski definition) is 2. The molecular weight excluding hydrogens is 554 g/mol. The van der Waals surface area contributed by atoms with Crippen molar-refractivity contribution in [3.05, 3.63) is 59.7 Å². The number of amides is 2. The highest BCUT2D eigenvalue weighted by atomic mass is 16.5. The molecule has 2 amide bonds. The van der Waals surface area contributed by atoms with Gasteiger partial charge in [-0.05, 0) is 89.2 Å². The number of carbonyl (C=O) groups is 2. The quantitative estimate of drug-likeness (QED) is 0.369. The molecular formula is C36H53N3O5. The second-order valence-electron chi connectivity index (χ2n) is 13.1. The van der Waals surface area contributed by atoms with Gasteiger partial charge in [-0.2, -0.15) is 0 Å². The van der Waals surface area contributed by atoms with Crippen LogP contribution in [0.25, 0.3) is 0 Å². The smallest absolute Gasteiger partial charge is 0.258 e. The Morgan fingerprint density at radius 3 is 2.48 bits per heavy atom. The molecule has 242 valence electrons. The Hall–Kier alpha value is -2.94. The van der Waals surface area contributed by atoms with Gasteiger partial charge < -0.3 is 29.7 Å². The van der Waals surface area contributed by atoms with E-state index in [1.807, 2.05) is 32.0 Å². The molecule has 2 aromatic carbocycles. The molecule has 1 aliphatic carbocycles. The maximum atomic E-state index is 14.3. The summed E-state index contributed by atoms with van der Waals surface area (Å²) in [6.07, 6.45) is 9.19. The number of aliphatic hydroxyl groups is 1. The van der Waals surface area contributed by atoms with Gasteiger partial charge in [0.1, 0.15) is 5.75 Å². The number of benzene rings is 2. The standard InChI is InChI=1S/C36H53N3O5/c1-26-22-39(27(2)25-40)36(42)32-21-31(37-35(41)30-16-9-6-10-17-30)18-19-33(32)44-28(3)13-11-12-20-43-34(26)24-38(4)23-29-14-7-5-8-15-29/h6,9-10,16-19,21,26-29,34,40H,5,7-8,11-15,20,22-25H2,1-4H3,(H,37,41)/t26-,27+,28-,34+/m1/s1. The fraction of sp³-hybridized carbons (Fsp3) is 0.611. The number of aliphatic hydroxyl groups excluding tert-OH is 1. The van der Waals surface area contributed by atoms with Crippen LogP contribution in [0.1, 0.15) is 92.9 Å². The zero-order valence-corrected chi connectivity index (χ0v) is 27.2. The van der Waals surface area contributed by atoms with E-state index in [0.29, 0.717) is 35.7 Å². The number of fused-ring (bicyclic) bond motifs is 1. The summed E-state index contributed by atoms with van der Waals surface area (Å²) in [7, 11) is 2.19. The molecule has 2 N–H and O–H groups in total. The molecule has 8 heteroatoms. The summed E-state index contributed by atoms with van der Waals surface area (Å²) in [4.78, 5) is 31.4. The molecule has 4 atom stereocenters. The molecule has 0 bridgehead atoms. The van der Waals surface area contributed by atoms with Crippen molar-refractivity contribution in [2.75, 3.05) is 45.2 Å². The summed E-state index contributed by atoms with van der Waals surface area (Å²) >= 11 is 0. The van der Waals surface area contributed by atoms with Crippen molar-refractivity contribution < 1.29 is 24.2 Å². The molecule has 44 heavy (non-hydrogen) atoms. The molecule has 0 saturated heterocycles. The van der Waals surface area contributed by atoms with Gasteiger partial charge in [-0.1, -0.05) is 44.4 Å². The number of rotatable bonds is 8. The highest BCUT2D eigenvalue weighted by molar-refractivity contribution is 6.05. The minimum absolute atomic E-state index is 0.0361. The first kappa shape index (κ1) is 33.9. The van der Waals surface area contributed by atoms with Gasteiger partial charge in [-0.15, -0.1) is 0 Å². The van der Waals surface area contributed by atoms with Crippen molar-refractivity contribution in [3.8, 4) is 5.75 Å². The third-order valence-electron chi connectivity index (χ3n) is 9.13. The minimum Gasteiger partial charge on any atom is -0.490 e. The van der Waals surface area contributed by atoms with E-state index in [1.165, 1.54) is 32.1 Å². The van der Waals surface area contributed by atoms with Crippen molar-refractivity contribution >= 4 is 17.5 Å². The summed E-state index contributed by atoms with van der Waals surface area (Å²) in [5.41, 5.74) is 1.42. The fourth-order valence-electron chi connectivity index (χ4n) is 6.45. The van der Waals surface area contributed by atoms with Crippen LogP contribution in [0.5, 0.6) is 5.75 Å². The summed E-state index contributed by atoms with van der Waals surface area (Å²) in [5.74, 6) is 0.779. The van der Waals surface area contributed by atoms with Crippen molar-refractivity contribution in [2.45, 2.75) is 90.4 Å². The second kappa shape index (κ2) is 16.9. The average molecular weight is 608 g/mol. The Kier molecular flexibility index (Phi) is 13.1. The molecule has 1 fully saturated rings. The van der Waals surface area contributed by atoms with Crippen LogP contribution in [0.3, 0.4) is 0 Å². The Labute approximate surface area is 264 Å². The number of hydrogen-bond acceptors (Lipinski definition) is 6. The minimum atomic E-state index is -0.411. The van der Waals surface area contributed by atoms with E-state index in [0.717, 1.165) is 38.3 Å². The van der Waals surface area contributed by atoms with Gasteiger partial charge >= 0.3 is 0 Å². The van der Waals surface area contributed by atoms with E-state index in [9.17, 15) is 14.7 Å². The lowest BCUT2D eigenvalue weighted by atomic mass is 9.89. The Balaban J connectivity index is 1.59. The third kappa shape index (κ3) is 9.78.